The number of nitrogens with one attached hydrogen (secondary N) is 2. The lowest BCUT2D eigenvalue weighted by Gasteiger charge is -2.15. The van der Waals surface area contributed by atoms with E-state index in [0.717, 1.165) is 11.3 Å². The van der Waals surface area contributed by atoms with Crippen molar-refractivity contribution in [2.24, 2.45) is 0 Å². The fraction of sp³-hybridized carbons (Fsp3) is 0.111. The fourth-order valence-corrected chi connectivity index (χ4v) is 2.45. The van der Waals surface area contributed by atoms with Crippen molar-refractivity contribution < 1.29 is 4.79 Å². The van der Waals surface area contributed by atoms with E-state index in [1.165, 1.54) is 0 Å². The molecule has 0 aliphatic rings. The summed E-state index contributed by atoms with van der Waals surface area (Å²) in [5, 5.41) is 6.33. The van der Waals surface area contributed by atoms with Gasteiger partial charge < -0.3 is 15.2 Å². The number of nitrogens with zero attached hydrogens (tertiary/aromatic N) is 2. The normalized spacial score (nSPS) is 11.8. The standard InChI is InChI=1S/C18H17ClN4O/c1-13(21-18(24)22-16-6-4-15(19)5-7-16)14-2-8-17(9-3-14)23-11-10-20-12-23/h2-13H,1H3,(H2,21,22,24)/t13-/m1/s1. The molecule has 1 atom stereocenters. The summed E-state index contributed by atoms with van der Waals surface area (Å²) in [6.07, 6.45) is 5.37. The van der Waals surface area contributed by atoms with Crippen LogP contribution in [0.4, 0.5) is 10.5 Å². The Hall–Kier alpha value is -2.79. The third-order valence-electron chi connectivity index (χ3n) is 3.65. The molecule has 0 spiro atoms. The lowest BCUT2D eigenvalue weighted by Crippen LogP contribution is -2.31. The highest BCUT2D eigenvalue weighted by atomic mass is 35.5. The first-order chi connectivity index (χ1) is 11.6. The van der Waals surface area contributed by atoms with Crippen LogP contribution in [-0.4, -0.2) is 15.6 Å². The summed E-state index contributed by atoms with van der Waals surface area (Å²) < 4.78 is 1.93. The van der Waals surface area contributed by atoms with E-state index in [0.29, 0.717) is 10.7 Å². The van der Waals surface area contributed by atoms with Crippen LogP contribution in [0.3, 0.4) is 0 Å². The van der Waals surface area contributed by atoms with Crippen LogP contribution >= 0.6 is 11.6 Å². The molecule has 2 N–H and O–H groups in total. The highest BCUT2D eigenvalue weighted by Crippen LogP contribution is 2.17. The molecule has 0 radical (unpaired) electrons. The first kappa shape index (κ1) is 16.1. The maximum atomic E-state index is 12.1. The molecule has 2 amide bonds. The van der Waals surface area contributed by atoms with E-state index in [4.69, 9.17) is 11.6 Å². The van der Waals surface area contributed by atoms with Crippen molar-refractivity contribution in [2.75, 3.05) is 5.32 Å². The highest BCUT2D eigenvalue weighted by molar-refractivity contribution is 6.30. The molecule has 0 aliphatic heterocycles. The number of aromatic nitrogens is 2. The molecule has 1 aromatic heterocycles. The Balaban J connectivity index is 1.60. The third kappa shape index (κ3) is 3.94. The number of carbonyl (C=O) groups is 1. The van der Waals surface area contributed by atoms with E-state index in [1.807, 2.05) is 42.0 Å². The first-order valence-corrected chi connectivity index (χ1v) is 7.91. The Kier molecular flexibility index (Phi) is 4.82. The van der Waals surface area contributed by atoms with Crippen molar-refractivity contribution in [1.82, 2.24) is 14.9 Å². The van der Waals surface area contributed by atoms with Gasteiger partial charge in [-0.15, -0.1) is 0 Å². The average Bonchev–Trinajstić information content (AvgIpc) is 3.11. The van der Waals surface area contributed by atoms with Crippen molar-refractivity contribution in [3.05, 3.63) is 77.8 Å². The summed E-state index contributed by atoms with van der Waals surface area (Å²) in [7, 11) is 0. The maximum absolute atomic E-state index is 12.1. The molecule has 24 heavy (non-hydrogen) atoms. The van der Waals surface area contributed by atoms with Crippen molar-refractivity contribution in [3.63, 3.8) is 0 Å². The average molecular weight is 341 g/mol. The second-order valence-corrected chi connectivity index (χ2v) is 5.82. The van der Waals surface area contributed by atoms with Gasteiger partial charge in [0.05, 0.1) is 12.4 Å². The van der Waals surface area contributed by atoms with Gasteiger partial charge in [-0.25, -0.2) is 9.78 Å². The summed E-state index contributed by atoms with van der Waals surface area (Å²) in [4.78, 5) is 16.1. The number of anilines is 1. The number of urea groups is 1. The number of rotatable bonds is 4. The van der Waals surface area contributed by atoms with Crippen LogP contribution in [0, 0.1) is 0 Å². The van der Waals surface area contributed by atoms with E-state index in [9.17, 15) is 4.79 Å². The number of amides is 2. The van der Waals surface area contributed by atoms with Crippen molar-refractivity contribution in [1.29, 1.82) is 0 Å². The predicted octanol–water partition coefficient (Wildman–Crippen LogP) is 4.41. The molecule has 3 rings (SSSR count). The second kappa shape index (κ2) is 7.19. The van der Waals surface area contributed by atoms with Crippen molar-refractivity contribution in [3.8, 4) is 5.69 Å². The van der Waals surface area contributed by atoms with Crippen LogP contribution in [0.2, 0.25) is 5.02 Å². The summed E-state index contributed by atoms with van der Waals surface area (Å²) in [5.74, 6) is 0. The van der Waals surface area contributed by atoms with Gasteiger partial charge in [0.25, 0.3) is 0 Å². The van der Waals surface area contributed by atoms with Gasteiger partial charge in [0.15, 0.2) is 0 Å². The van der Waals surface area contributed by atoms with Crippen LogP contribution < -0.4 is 10.6 Å². The Morgan fingerprint density at radius 2 is 1.83 bits per heavy atom. The molecule has 0 fully saturated rings. The summed E-state index contributed by atoms with van der Waals surface area (Å²) in [5.41, 5.74) is 2.73. The van der Waals surface area contributed by atoms with Gasteiger partial charge in [0, 0.05) is 28.8 Å². The topological polar surface area (TPSA) is 59.0 Å². The van der Waals surface area contributed by atoms with E-state index in [-0.39, 0.29) is 12.1 Å². The van der Waals surface area contributed by atoms with Gasteiger partial charge in [-0.1, -0.05) is 23.7 Å². The molecule has 0 unspecified atom stereocenters. The van der Waals surface area contributed by atoms with Gasteiger partial charge in [0.1, 0.15) is 0 Å². The first-order valence-electron chi connectivity index (χ1n) is 7.53. The Morgan fingerprint density at radius 1 is 1.12 bits per heavy atom. The number of benzene rings is 2. The number of carbonyl (C=O) groups excluding carboxylic acids is 1. The quantitative estimate of drug-likeness (QED) is 0.739. The molecular formula is C18H17ClN4O. The number of halogens is 1. The lowest BCUT2D eigenvalue weighted by atomic mass is 10.1. The molecule has 3 aromatic rings. The molecule has 5 nitrogen and oxygen atoms in total. The zero-order chi connectivity index (χ0) is 16.9. The Morgan fingerprint density at radius 3 is 2.46 bits per heavy atom. The van der Waals surface area contributed by atoms with Crippen LogP contribution in [-0.2, 0) is 0 Å². The summed E-state index contributed by atoms with van der Waals surface area (Å²) >= 11 is 5.83. The molecular weight excluding hydrogens is 324 g/mol. The van der Waals surface area contributed by atoms with Crippen LogP contribution in [0.15, 0.2) is 67.3 Å². The molecule has 6 heteroatoms. The fourth-order valence-electron chi connectivity index (χ4n) is 2.33. The lowest BCUT2D eigenvalue weighted by molar-refractivity contribution is 0.249. The molecule has 2 aromatic carbocycles. The van der Waals surface area contributed by atoms with Gasteiger partial charge in [-0.2, -0.15) is 0 Å². The van der Waals surface area contributed by atoms with Crippen LogP contribution in [0.5, 0.6) is 0 Å². The monoisotopic (exact) mass is 340 g/mol. The van der Waals surface area contributed by atoms with E-state index in [1.54, 1.807) is 36.8 Å². The molecule has 1 heterocycles. The molecule has 0 saturated carbocycles. The number of imidazole rings is 1. The van der Waals surface area contributed by atoms with E-state index >= 15 is 0 Å². The molecule has 122 valence electrons. The highest BCUT2D eigenvalue weighted by Gasteiger charge is 2.10. The summed E-state index contributed by atoms with van der Waals surface area (Å²) in [6, 6.07) is 14.6. The maximum Gasteiger partial charge on any atom is 0.319 e. The largest absolute Gasteiger partial charge is 0.331 e. The minimum atomic E-state index is -0.261. The third-order valence-corrected chi connectivity index (χ3v) is 3.90. The SMILES string of the molecule is C[C@@H](NC(=O)Nc1ccc(Cl)cc1)c1ccc(-n2ccnc2)cc1. The van der Waals surface area contributed by atoms with Crippen LogP contribution in [0.25, 0.3) is 5.69 Å². The smallest absolute Gasteiger partial charge is 0.319 e. The Bertz CT molecular complexity index is 798. The summed E-state index contributed by atoms with van der Waals surface area (Å²) in [6.45, 7) is 1.94. The van der Waals surface area contributed by atoms with Gasteiger partial charge in [0.2, 0.25) is 0 Å². The number of hydrogen-bond donors (Lipinski definition) is 2. The molecule has 0 aliphatic carbocycles. The molecule has 0 bridgehead atoms. The second-order valence-electron chi connectivity index (χ2n) is 5.39. The Labute approximate surface area is 145 Å². The molecule has 0 saturated heterocycles. The van der Waals surface area contributed by atoms with Crippen molar-refractivity contribution >= 4 is 23.3 Å². The van der Waals surface area contributed by atoms with E-state index in [2.05, 4.69) is 15.6 Å². The van der Waals surface area contributed by atoms with E-state index < -0.39 is 0 Å². The minimum Gasteiger partial charge on any atom is -0.331 e. The predicted molar refractivity (Wildman–Crippen MR) is 95.6 cm³/mol. The van der Waals surface area contributed by atoms with Gasteiger partial charge >= 0.3 is 6.03 Å². The zero-order valence-corrected chi connectivity index (χ0v) is 13.9. The number of hydrogen-bond acceptors (Lipinski definition) is 2. The minimum absolute atomic E-state index is 0.117. The van der Waals surface area contributed by atoms with Crippen LogP contribution in [0.1, 0.15) is 18.5 Å². The zero-order valence-electron chi connectivity index (χ0n) is 13.1. The van der Waals surface area contributed by atoms with Gasteiger partial charge in [-0.05, 0) is 48.9 Å². The van der Waals surface area contributed by atoms with Gasteiger partial charge in [-0.3, -0.25) is 0 Å². The van der Waals surface area contributed by atoms with Crippen molar-refractivity contribution in [2.45, 2.75) is 13.0 Å².